The van der Waals surface area contributed by atoms with Crippen molar-refractivity contribution in [3.8, 4) is 5.75 Å². The van der Waals surface area contributed by atoms with Crippen molar-refractivity contribution in [1.82, 2.24) is 0 Å². The summed E-state index contributed by atoms with van der Waals surface area (Å²) in [5, 5.41) is 11.7. The Morgan fingerprint density at radius 1 is 1.07 bits per heavy atom. The predicted octanol–water partition coefficient (Wildman–Crippen LogP) is 5.75. The molecule has 1 unspecified atom stereocenters. The number of fused-ring (bicyclic) bond motifs is 1. The SMILES string of the molecule is CC(N)(CO)c1ccc2c(Br)c(OC3CCC(C(C)(C)C)CC3)ccc2c1. The molecule has 1 aliphatic rings. The average molecular weight is 434 g/mol. The van der Waals surface area contributed by atoms with Crippen LogP contribution in [0.5, 0.6) is 5.75 Å². The van der Waals surface area contributed by atoms with Gasteiger partial charge >= 0.3 is 0 Å². The first-order valence-corrected chi connectivity index (χ1v) is 10.7. The molecule has 1 saturated carbocycles. The van der Waals surface area contributed by atoms with Gasteiger partial charge in [0.25, 0.3) is 0 Å². The second-order valence-electron chi connectivity index (χ2n) is 9.35. The molecule has 0 amide bonds. The molecule has 1 atom stereocenters. The molecule has 27 heavy (non-hydrogen) atoms. The third-order valence-corrected chi connectivity index (χ3v) is 6.92. The van der Waals surface area contributed by atoms with Crippen molar-refractivity contribution in [2.45, 2.75) is 65.0 Å². The van der Waals surface area contributed by atoms with Crippen molar-refractivity contribution in [3.05, 3.63) is 40.4 Å². The van der Waals surface area contributed by atoms with Crippen molar-refractivity contribution in [1.29, 1.82) is 0 Å². The number of aliphatic hydroxyl groups excluding tert-OH is 1. The van der Waals surface area contributed by atoms with Gasteiger partial charge in [0.1, 0.15) is 5.75 Å². The summed E-state index contributed by atoms with van der Waals surface area (Å²) in [6, 6.07) is 10.2. The van der Waals surface area contributed by atoms with Gasteiger partial charge in [-0.25, -0.2) is 0 Å². The zero-order chi connectivity index (χ0) is 19.8. The van der Waals surface area contributed by atoms with Crippen LogP contribution in [0.15, 0.2) is 34.8 Å². The zero-order valence-corrected chi connectivity index (χ0v) is 18.5. The lowest BCUT2D eigenvalue weighted by molar-refractivity contribution is 0.0878. The molecular formula is C23H32BrNO2. The van der Waals surface area contributed by atoms with Crippen LogP contribution in [0.4, 0.5) is 0 Å². The third-order valence-electron chi connectivity index (χ3n) is 6.10. The van der Waals surface area contributed by atoms with Crippen LogP contribution in [0.25, 0.3) is 10.8 Å². The first kappa shape index (κ1) is 20.6. The number of hydrogen-bond acceptors (Lipinski definition) is 3. The molecule has 1 fully saturated rings. The highest BCUT2D eigenvalue weighted by molar-refractivity contribution is 9.10. The van der Waals surface area contributed by atoms with Gasteiger partial charge in [0, 0.05) is 0 Å². The van der Waals surface area contributed by atoms with Crippen LogP contribution in [0.1, 0.15) is 58.9 Å². The zero-order valence-electron chi connectivity index (χ0n) is 16.9. The van der Waals surface area contributed by atoms with Crippen molar-refractivity contribution >= 4 is 26.7 Å². The highest BCUT2D eigenvalue weighted by Crippen LogP contribution is 2.40. The maximum absolute atomic E-state index is 9.52. The van der Waals surface area contributed by atoms with Gasteiger partial charge in [0.15, 0.2) is 0 Å². The maximum atomic E-state index is 9.52. The van der Waals surface area contributed by atoms with Crippen molar-refractivity contribution < 1.29 is 9.84 Å². The third kappa shape index (κ3) is 4.49. The monoisotopic (exact) mass is 433 g/mol. The Balaban J connectivity index is 1.77. The average Bonchev–Trinajstić information content (AvgIpc) is 2.63. The molecule has 0 heterocycles. The molecule has 3 nitrogen and oxygen atoms in total. The first-order chi connectivity index (χ1) is 12.6. The van der Waals surface area contributed by atoms with Gasteiger partial charge < -0.3 is 15.6 Å². The van der Waals surface area contributed by atoms with Crippen molar-refractivity contribution in [2.24, 2.45) is 17.1 Å². The largest absolute Gasteiger partial charge is 0.489 e. The number of benzene rings is 2. The van der Waals surface area contributed by atoms with Gasteiger partial charge in [-0.3, -0.25) is 0 Å². The van der Waals surface area contributed by atoms with Gasteiger partial charge in [0.2, 0.25) is 0 Å². The maximum Gasteiger partial charge on any atom is 0.134 e. The predicted molar refractivity (Wildman–Crippen MR) is 116 cm³/mol. The summed E-state index contributed by atoms with van der Waals surface area (Å²) in [6.45, 7) is 8.79. The minimum atomic E-state index is -0.735. The number of halogens is 1. The molecule has 1 aliphatic carbocycles. The summed E-state index contributed by atoms with van der Waals surface area (Å²) in [6.07, 6.45) is 5.00. The van der Waals surface area contributed by atoms with Gasteiger partial charge in [-0.15, -0.1) is 0 Å². The van der Waals surface area contributed by atoms with Crippen LogP contribution in [0, 0.1) is 11.3 Å². The molecule has 3 rings (SSSR count). The smallest absolute Gasteiger partial charge is 0.134 e. The van der Waals surface area contributed by atoms with E-state index in [-0.39, 0.29) is 6.61 Å². The molecule has 4 heteroatoms. The summed E-state index contributed by atoms with van der Waals surface area (Å²) in [5.41, 5.74) is 6.76. The molecule has 0 aliphatic heterocycles. The molecule has 0 bridgehead atoms. The number of nitrogens with two attached hydrogens (primary N) is 1. The minimum absolute atomic E-state index is 0.0852. The summed E-state index contributed by atoms with van der Waals surface area (Å²) in [5.74, 6) is 1.69. The number of rotatable bonds is 4. The fraction of sp³-hybridized carbons (Fsp3) is 0.565. The molecule has 2 aromatic rings. The topological polar surface area (TPSA) is 55.5 Å². The fourth-order valence-corrected chi connectivity index (χ4v) is 4.62. The van der Waals surface area contributed by atoms with Gasteiger partial charge in [0.05, 0.1) is 22.7 Å². The van der Waals surface area contributed by atoms with E-state index in [0.29, 0.717) is 11.5 Å². The second kappa shape index (κ2) is 7.73. The Bertz CT molecular complexity index is 802. The second-order valence-corrected chi connectivity index (χ2v) is 10.1. The van der Waals surface area contributed by atoms with Crippen LogP contribution in [-0.4, -0.2) is 17.8 Å². The molecule has 0 saturated heterocycles. The Kier molecular flexibility index (Phi) is 5.90. The lowest BCUT2D eigenvalue weighted by atomic mass is 9.72. The van der Waals surface area contributed by atoms with Gasteiger partial charge in [-0.1, -0.05) is 39.0 Å². The van der Waals surface area contributed by atoms with E-state index in [1.807, 2.05) is 19.1 Å². The van der Waals surface area contributed by atoms with Crippen LogP contribution < -0.4 is 10.5 Å². The van der Waals surface area contributed by atoms with E-state index in [1.165, 1.54) is 12.8 Å². The normalized spacial score (nSPS) is 23.2. The fourth-order valence-electron chi connectivity index (χ4n) is 4.04. The molecule has 3 N–H and O–H groups in total. The Hall–Kier alpha value is -1.10. The van der Waals surface area contributed by atoms with Crippen LogP contribution in [0.2, 0.25) is 0 Å². The van der Waals surface area contributed by atoms with E-state index in [0.717, 1.165) is 45.3 Å². The molecule has 0 spiro atoms. The summed E-state index contributed by atoms with van der Waals surface area (Å²) in [4.78, 5) is 0. The van der Waals surface area contributed by atoms with Crippen molar-refractivity contribution in [3.63, 3.8) is 0 Å². The number of ether oxygens (including phenoxy) is 1. The molecule has 2 aromatic carbocycles. The molecule has 148 valence electrons. The minimum Gasteiger partial charge on any atom is -0.489 e. The van der Waals surface area contributed by atoms with E-state index in [9.17, 15) is 5.11 Å². The van der Waals surface area contributed by atoms with E-state index in [1.54, 1.807) is 0 Å². The standard InChI is InChI=1S/C23H32BrNO2/c1-22(2,3)16-6-9-18(10-7-16)27-20-12-5-15-13-17(23(4,25)14-26)8-11-19(15)21(20)24/h5,8,11-13,16,18,26H,6-7,9-10,14,25H2,1-4H3. The van der Waals surface area contributed by atoms with Gasteiger partial charge in [-0.05, 0) is 88.3 Å². The van der Waals surface area contributed by atoms with E-state index in [4.69, 9.17) is 10.5 Å². The summed E-state index contributed by atoms with van der Waals surface area (Å²) in [7, 11) is 0. The molecular weight excluding hydrogens is 402 g/mol. The Labute approximate surface area is 171 Å². The number of aliphatic hydroxyl groups is 1. The Morgan fingerprint density at radius 2 is 1.74 bits per heavy atom. The highest BCUT2D eigenvalue weighted by atomic mass is 79.9. The highest BCUT2D eigenvalue weighted by Gasteiger charge is 2.30. The lowest BCUT2D eigenvalue weighted by Crippen LogP contribution is -2.36. The van der Waals surface area contributed by atoms with Crippen molar-refractivity contribution in [2.75, 3.05) is 6.61 Å². The van der Waals surface area contributed by atoms with Crippen LogP contribution in [0.3, 0.4) is 0 Å². The van der Waals surface area contributed by atoms with Gasteiger partial charge in [-0.2, -0.15) is 0 Å². The van der Waals surface area contributed by atoms with E-state index < -0.39 is 5.54 Å². The van der Waals surface area contributed by atoms with E-state index >= 15 is 0 Å². The molecule has 0 radical (unpaired) electrons. The summed E-state index contributed by atoms with van der Waals surface area (Å²) < 4.78 is 7.36. The Morgan fingerprint density at radius 3 is 2.33 bits per heavy atom. The van der Waals surface area contributed by atoms with Crippen LogP contribution >= 0.6 is 15.9 Å². The first-order valence-electron chi connectivity index (χ1n) is 9.91. The quantitative estimate of drug-likeness (QED) is 0.644. The summed E-state index contributed by atoms with van der Waals surface area (Å²) >= 11 is 3.74. The molecule has 0 aromatic heterocycles. The van der Waals surface area contributed by atoms with Crippen LogP contribution in [-0.2, 0) is 5.54 Å². The van der Waals surface area contributed by atoms with E-state index in [2.05, 4.69) is 54.9 Å². The lowest BCUT2D eigenvalue weighted by Gasteiger charge is -2.37. The number of hydrogen-bond donors (Lipinski definition) is 2.